The van der Waals surface area contributed by atoms with E-state index in [4.69, 9.17) is 5.10 Å². The molecule has 5 rings (SSSR count). The van der Waals surface area contributed by atoms with Gasteiger partial charge in [-0.3, -0.25) is 10.2 Å². The molecule has 142 valence electrons. The molecule has 1 atom stereocenters. The number of aromatic nitrogens is 2. The fourth-order valence-corrected chi connectivity index (χ4v) is 3.96. The summed E-state index contributed by atoms with van der Waals surface area (Å²) in [5.41, 5.74) is 4.69. The van der Waals surface area contributed by atoms with Crippen LogP contribution in [0.5, 0.6) is 0 Å². The summed E-state index contributed by atoms with van der Waals surface area (Å²) >= 11 is 0. The van der Waals surface area contributed by atoms with E-state index in [1.807, 2.05) is 95.4 Å². The van der Waals surface area contributed by atoms with Gasteiger partial charge in [0.15, 0.2) is 0 Å². The minimum Gasteiger partial charge on any atom is -0.291 e. The Bertz CT molecular complexity index is 1150. The molecule has 0 fully saturated rings. The SMILES string of the molecule is Cc1nn(-c2ccccc2)c2c1[C@H](c1ccccc1)N(c1ccccc1)C(=O)N2. The van der Waals surface area contributed by atoms with Crippen LogP contribution in [0.4, 0.5) is 16.3 Å². The van der Waals surface area contributed by atoms with Gasteiger partial charge in [-0.25, -0.2) is 9.48 Å². The maximum atomic E-state index is 13.3. The molecule has 0 saturated heterocycles. The first-order valence-electron chi connectivity index (χ1n) is 9.59. The molecule has 0 saturated carbocycles. The van der Waals surface area contributed by atoms with Crippen molar-refractivity contribution in [3.8, 4) is 5.69 Å². The number of hydrogen-bond acceptors (Lipinski definition) is 2. The Morgan fingerprint density at radius 3 is 1.97 bits per heavy atom. The van der Waals surface area contributed by atoms with E-state index in [1.165, 1.54) is 0 Å². The van der Waals surface area contributed by atoms with Crippen molar-refractivity contribution in [3.05, 3.63) is 108 Å². The molecule has 1 N–H and O–H groups in total. The van der Waals surface area contributed by atoms with Gasteiger partial charge in [-0.15, -0.1) is 0 Å². The number of fused-ring (bicyclic) bond motifs is 1. The number of carbonyl (C=O) groups excluding carboxylic acids is 1. The normalized spacial score (nSPS) is 15.7. The van der Waals surface area contributed by atoms with E-state index in [2.05, 4.69) is 17.4 Å². The maximum Gasteiger partial charge on any atom is 0.328 e. The van der Waals surface area contributed by atoms with Gasteiger partial charge in [-0.1, -0.05) is 66.7 Å². The summed E-state index contributed by atoms with van der Waals surface area (Å²) in [6.45, 7) is 1.99. The van der Waals surface area contributed by atoms with Crippen molar-refractivity contribution in [1.29, 1.82) is 0 Å². The number of carbonyl (C=O) groups is 1. The second-order valence-electron chi connectivity index (χ2n) is 7.04. The molecule has 1 aliphatic heterocycles. The Balaban J connectivity index is 1.75. The number of aryl methyl sites for hydroxylation is 1. The van der Waals surface area contributed by atoms with Gasteiger partial charge in [0, 0.05) is 11.3 Å². The van der Waals surface area contributed by atoms with Crippen molar-refractivity contribution in [3.63, 3.8) is 0 Å². The first kappa shape index (κ1) is 17.3. The van der Waals surface area contributed by atoms with E-state index < -0.39 is 0 Å². The van der Waals surface area contributed by atoms with Crippen molar-refractivity contribution in [2.75, 3.05) is 10.2 Å². The Hall–Kier alpha value is -3.86. The van der Waals surface area contributed by atoms with E-state index in [0.29, 0.717) is 0 Å². The highest BCUT2D eigenvalue weighted by atomic mass is 16.2. The summed E-state index contributed by atoms with van der Waals surface area (Å²) in [6.07, 6.45) is 0. The fourth-order valence-electron chi connectivity index (χ4n) is 3.96. The molecule has 2 amide bonds. The average molecular weight is 380 g/mol. The molecular formula is C24H20N4O. The van der Waals surface area contributed by atoms with E-state index in [1.54, 1.807) is 0 Å². The lowest BCUT2D eigenvalue weighted by molar-refractivity contribution is 0.254. The minimum absolute atomic E-state index is 0.172. The zero-order valence-corrected chi connectivity index (χ0v) is 16.0. The molecule has 5 nitrogen and oxygen atoms in total. The van der Waals surface area contributed by atoms with Gasteiger partial charge in [-0.05, 0) is 36.8 Å². The zero-order chi connectivity index (χ0) is 19.8. The van der Waals surface area contributed by atoms with Gasteiger partial charge in [0.1, 0.15) is 5.82 Å². The van der Waals surface area contributed by atoms with Gasteiger partial charge >= 0.3 is 6.03 Å². The molecule has 29 heavy (non-hydrogen) atoms. The van der Waals surface area contributed by atoms with Crippen LogP contribution in [0.25, 0.3) is 5.69 Å². The maximum absolute atomic E-state index is 13.3. The number of benzene rings is 3. The van der Waals surface area contributed by atoms with Crippen molar-refractivity contribution >= 4 is 17.5 Å². The van der Waals surface area contributed by atoms with E-state index in [0.717, 1.165) is 34.0 Å². The quantitative estimate of drug-likeness (QED) is 0.523. The van der Waals surface area contributed by atoms with Crippen molar-refractivity contribution in [2.24, 2.45) is 0 Å². The predicted molar refractivity (Wildman–Crippen MR) is 115 cm³/mol. The summed E-state index contributed by atoms with van der Waals surface area (Å²) in [5, 5.41) is 7.86. The molecule has 1 aromatic heterocycles. The summed E-state index contributed by atoms with van der Waals surface area (Å²) in [5.74, 6) is 0.722. The molecule has 3 aromatic carbocycles. The smallest absolute Gasteiger partial charge is 0.291 e. The Morgan fingerprint density at radius 2 is 1.34 bits per heavy atom. The number of nitrogens with zero attached hydrogens (tertiary/aromatic N) is 3. The third-order valence-corrected chi connectivity index (χ3v) is 5.23. The summed E-state index contributed by atoms with van der Waals surface area (Å²) < 4.78 is 1.82. The van der Waals surface area contributed by atoms with Crippen LogP contribution in [0, 0.1) is 6.92 Å². The molecule has 4 aromatic rings. The highest BCUT2D eigenvalue weighted by molar-refractivity contribution is 6.05. The topological polar surface area (TPSA) is 50.2 Å². The lowest BCUT2D eigenvalue weighted by Gasteiger charge is -2.36. The van der Waals surface area contributed by atoms with Gasteiger partial charge in [-0.2, -0.15) is 5.10 Å². The predicted octanol–water partition coefficient (Wildman–Crippen LogP) is 5.32. The van der Waals surface area contributed by atoms with Crippen LogP contribution in [0.3, 0.4) is 0 Å². The van der Waals surface area contributed by atoms with E-state index in [9.17, 15) is 4.79 Å². The minimum atomic E-state index is -0.264. The van der Waals surface area contributed by atoms with Gasteiger partial charge < -0.3 is 0 Å². The zero-order valence-electron chi connectivity index (χ0n) is 16.0. The summed E-state index contributed by atoms with van der Waals surface area (Å²) in [6, 6.07) is 29.3. The molecule has 0 aliphatic carbocycles. The third kappa shape index (κ3) is 2.88. The first-order valence-corrected chi connectivity index (χ1v) is 9.59. The van der Waals surface area contributed by atoms with Crippen LogP contribution in [-0.4, -0.2) is 15.8 Å². The van der Waals surface area contributed by atoms with Crippen molar-refractivity contribution in [1.82, 2.24) is 9.78 Å². The first-order chi connectivity index (χ1) is 14.2. The van der Waals surface area contributed by atoms with Gasteiger partial charge in [0.2, 0.25) is 0 Å². The molecule has 1 aliphatic rings. The number of para-hydroxylation sites is 2. The highest BCUT2D eigenvalue weighted by Crippen LogP contribution is 2.42. The molecule has 5 heteroatoms. The standard InChI is InChI=1S/C24H20N4O/c1-17-21-22(18-11-5-2-6-12-18)27(19-13-7-3-8-14-19)24(29)25-23(21)28(26-17)20-15-9-4-10-16-20/h2-16,22H,1H3,(H,25,29)/t22-/m0/s1. The number of rotatable bonds is 3. The second-order valence-corrected chi connectivity index (χ2v) is 7.04. The molecule has 2 heterocycles. The van der Waals surface area contributed by atoms with Crippen molar-refractivity contribution in [2.45, 2.75) is 13.0 Å². The molecule has 0 unspecified atom stereocenters. The number of amides is 2. The molecule has 0 radical (unpaired) electrons. The number of anilines is 2. The Morgan fingerprint density at radius 1 is 0.793 bits per heavy atom. The van der Waals surface area contributed by atoms with Crippen LogP contribution in [0.2, 0.25) is 0 Å². The van der Waals surface area contributed by atoms with Crippen LogP contribution in [-0.2, 0) is 0 Å². The number of hydrogen-bond donors (Lipinski definition) is 1. The average Bonchev–Trinajstić information content (AvgIpc) is 3.10. The van der Waals surface area contributed by atoms with Gasteiger partial charge in [0.05, 0.1) is 17.4 Å². The van der Waals surface area contributed by atoms with Crippen LogP contribution in [0.1, 0.15) is 22.9 Å². The number of nitrogens with one attached hydrogen (secondary N) is 1. The van der Waals surface area contributed by atoms with E-state index >= 15 is 0 Å². The largest absolute Gasteiger partial charge is 0.328 e. The molecular weight excluding hydrogens is 360 g/mol. The highest BCUT2D eigenvalue weighted by Gasteiger charge is 2.39. The van der Waals surface area contributed by atoms with Crippen LogP contribution in [0.15, 0.2) is 91.0 Å². The van der Waals surface area contributed by atoms with Gasteiger partial charge in [0.25, 0.3) is 0 Å². The van der Waals surface area contributed by atoms with Crippen LogP contribution < -0.4 is 10.2 Å². The van der Waals surface area contributed by atoms with E-state index in [-0.39, 0.29) is 12.1 Å². The van der Waals surface area contributed by atoms with Crippen LogP contribution >= 0.6 is 0 Å². The summed E-state index contributed by atoms with van der Waals surface area (Å²) in [7, 11) is 0. The second kappa shape index (κ2) is 6.95. The fraction of sp³-hybridized carbons (Fsp3) is 0.0833. The number of urea groups is 1. The monoisotopic (exact) mass is 380 g/mol. The lowest BCUT2D eigenvalue weighted by Crippen LogP contribution is -2.43. The molecule has 0 spiro atoms. The van der Waals surface area contributed by atoms with Crippen molar-refractivity contribution < 1.29 is 4.79 Å². The Kier molecular flexibility index (Phi) is 4.13. The molecule has 0 bridgehead atoms. The summed E-state index contributed by atoms with van der Waals surface area (Å²) in [4.78, 5) is 15.1. The lowest BCUT2D eigenvalue weighted by atomic mass is 9.94. The Labute approximate surface area is 169 Å². The third-order valence-electron chi connectivity index (χ3n) is 5.23.